The van der Waals surface area contributed by atoms with Crippen LogP contribution in [0, 0.1) is 17.3 Å². The number of hydrogen-bond acceptors (Lipinski definition) is 3. The molecular weight excluding hydrogens is 242 g/mol. The van der Waals surface area contributed by atoms with E-state index in [2.05, 4.69) is 24.3 Å². The van der Waals surface area contributed by atoms with Crippen LogP contribution in [0.1, 0.15) is 52.4 Å². The average Bonchev–Trinajstić information content (AvgIpc) is 3.16. The van der Waals surface area contributed by atoms with E-state index in [0.29, 0.717) is 18.8 Å². The SMILES string of the molecule is CCC(CC1CC1)NC(=O)C1(C(N)=NO)CC(C)C1. The molecule has 0 aromatic rings. The molecule has 1 amide bonds. The van der Waals surface area contributed by atoms with E-state index < -0.39 is 5.41 Å². The molecule has 5 heteroatoms. The lowest BCUT2D eigenvalue weighted by molar-refractivity contribution is -0.134. The molecule has 108 valence electrons. The maximum Gasteiger partial charge on any atom is 0.234 e. The Morgan fingerprint density at radius 1 is 1.53 bits per heavy atom. The van der Waals surface area contributed by atoms with E-state index >= 15 is 0 Å². The fraction of sp³-hybridized carbons (Fsp3) is 0.857. The number of amidine groups is 1. The fourth-order valence-electron chi connectivity index (χ4n) is 3.14. The van der Waals surface area contributed by atoms with Crippen molar-refractivity contribution in [3.63, 3.8) is 0 Å². The molecule has 0 spiro atoms. The van der Waals surface area contributed by atoms with Gasteiger partial charge >= 0.3 is 0 Å². The highest BCUT2D eigenvalue weighted by Gasteiger charge is 2.52. The normalized spacial score (nSPS) is 32.5. The number of nitrogens with zero attached hydrogens (tertiary/aromatic N) is 1. The third-order valence-electron chi connectivity index (χ3n) is 4.57. The van der Waals surface area contributed by atoms with Crippen LogP contribution in [0.15, 0.2) is 5.16 Å². The van der Waals surface area contributed by atoms with Gasteiger partial charge < -0.3 is 16.3 Å². The first-order chi connectivity index (χ1) is 9.01. The van der Waals surface area contributed by atoms with Gasteiger partial charge in [-0.3, -0.25) is 4.79 Å². The predicted octanol–water partition coefficient (Wildman–Crippen LogP) is 1.84. The van der Waals surface area contributed by atoms with Crippen molar-refractivity contribution in [2.24, 2.45) is 28.1 Å². The third kappa shape index (κ3) is 2.85. The zero-order chi connectivity index (χ0) is 14.0. The molecule has 2 rings (SSSR count). The first-order valence-corrected chi connectivity index (χ1v) is 7.30. The summed E-state index contributed by atoms with van der Waals surface area (Å²) in [6.45, 7) is 4.17. The standard InChI is InChI=1S/C14H25N3O2/c1-3-11(6-10-4-5-10)16-13(18)14(12(15)17-19)7-9(2)8-14/h9-11,19H,3-8H2,1-2H3,(H2,15,17)(H,16,18). The fourth-order valence-corrected chi connectivity index (χ4v) is 3.14. The van der Waals surface area contributed by atoms with Crippen molar-refractivity contribution in [2.75, 3.05) is 0 Å². The van der Waals surface area contributed by atoms with Crippen LogP contribution in [0.4, 0.5) is 0 Å². The van der Waals surface area contributed by atoms with Gasteiger partial charge in [0.2, 0.25) is 5.91 Å². The van der Waals surface area contributed by atoms with Crippen LogP contribution < -0.4 is 11.1 Å². The van der Waals surface area contributed by atoms with Crippen LogP contribution in [-0.4, -0.2) is 23.0 Å². The Hall–Kier alpha value is -1.26. The predicted molar refractivity (Wildman–Crippen MR) is 73.8 cm³/mol. The van der Waals surface area contributed by atoms with E-state index in [1.165, 1.54) is 12.8 Å². The first-order valence-electron chi connectivity index (χ1n) is 7.30. The van der Waals surface area contributed by atoms with Gasteiger partial charge in [0.05, 0.1) is 0 Å². The molecule has 0 saturated heterocycles. The number of carbonyl (C=O) groups excluding carboxylic acids is 1. The van der Waals surface area contributed by atoms with Crippen molar-refractivity contribution in [3.05, 3.63) is 0 Å². The summed E-state index contributed by atoms with van der Waals surface area (Å²) in [4.78, 5) is 12.5. The van der Waals surface area contributed by atoms with Crippen molar-refractivity contribution >= 4 is 11.7 Å². The second-order valence-corrected chi connectivity index (χ2v) is 6.34. The van der Waals surface area contributed by atoms with Crippen molar-refractivity contribution in [1.29, 1.82) is 0 Å². The Balaban J connectivity index is 1.99. The molecule has 1 atom stereocenters. The van der Waals surface area contributed by atoms with E-state index in [9.17, 15) is 4.79 Å². The second kappa shape index (κ2) is 5.39. The van der Waals surface area contributed by atoms with Crippen LogP contribution in [0.3, 0.4) is 0 Å². The highest BCUT2D eigenvalue weighted by Crippen LogP contribution is 2.46. The Morgan fingerprint density at radius 3 is 2.58 bits per heavy atom. The van der Waals surface area contributed by atoms with Crippen LogP contribution in [0.2, 0.25) is 0 Å². The van der Waals surface area contributed by atoms with Gasteiger partial charge in [0, 0.05) is 6.04 Å². The minimum absolute atomic E-state index is 0.0596. The molecule has 0 aromatic heterocycles. The molecule has 2 fully saturated rings. The van der Waals surface area contributed by atoms with Gasteiger partial charge in [0.1, 0.15) is 5.41 Å². The van der Waals surface area contributed by atoms with Gasteiger partial charge in [0.25, 0.3) is 0 Å². The Morgan fingerprint density at radius 2 is 2.16 bits per heavy atom. The molecule has 4 N–H and O–H groups in total. The maximum absolute atomic E-state index is 12.5. The molecule has 0 bridgehead atoms. The lowest BCUT2D eigenvalue weighted by Gasteiger charge is -2.44. The van der Waals surface area contributed by atoms with Gasteiger partial charge in [-0.25, -0.2) is 0 Å². The topological polar surface area (TPSA) is 87.7 Å². The van der Waals surface area contributed by atoms with E-state index in [1.807, 2.05) is 0 Å². The van der Waals surface area contributed by atoms with E-state index in [-0.39, 0.29) is 17.8 Å². The quantitative estimate of drug-likeness (QED) is 0.297. The van der Waals surface area contributed by atoms with Crippen molar-refractivity contribution in [3.8, 4) is 0 Å². The van der Waals surface area contributed by atoms with E-state index in [0.717, 1.165) is 18.8 Å². The number of hydrogen-bond donors (Lipinski definition) is 3. The summed E-state index contributed by atoms with van der Waals surface area (Å²) in [6, 6.07) is 0.222. The summed E-state index contributed by atoms with van der Waals surface area (Å²) in [5.41, 5.74) is 4.97. The molecule has 0 heterocycles. The Kier molecular flexibility index (Phi) is 4.02. The average molecular weight is 267 g/mol. The van der Waals surface area contributed by atoms with Gasteiger partial charge in [-0.05, 0) is 37.5 Å². The number of nitrogens with two attached hydrogens (primary N) is 1. The maximum atomic E-state index is 12.5. The summed E-state index contributed by atoms with van der Waals surface area (Å²) >= 11 is 0. The summed E-state index contributed by atoms with van der Waals surface area (Å²) in [5.74, 6) is 1.23. The Bertz CT molecular complexity index is 371. The highest BCUT2D eigenvalue weighted by atomic mass is 16.4. The zero-order valence-electron chi connectivity index (χ0n) is 11.9. The highest BCUT2D eigenvalue weighted by molar-refractivity contribution is 6.07. The Labute approximate surface area is 114 Å². The lowest BCUT2D eigenvalue weighted by Crippen LogP contribution is -2.58. The minimum atomic E-state index is -0.773. The molecule has 0 aromatic carbocycles. The molecule has 1 unspecified atom stereocenters. The van der Waals surface area contributed by atoms with Crippen LogP contribution in [0.5, 0.6) is 0 Å². The van der Waals surface area contributed by atoms with Gasteiger partial charge in [-0.1, -0.05) is 31.8 Å². The molecular formula is C14H25N3O2. The zero-order valence-corrected chi connectivity index (χ0v) is 11.9. The summed E-state index contributed by atoms with van der Waals surface area (Å²) in [6.07, 6.45) is 5.92. The monoisotopic (exact) mass is 267 g/mol. The summed E-state index contributed by atoms with van der Waals surface area (Å²) < 4.78 is 0. The number of oxime groups is 1. The van der Waals surface area contributed by atoms with E-state index in [4.69, 9.17) is 10.9 Å². The number of nitrogens with one attached hydrogen (secondary N) is 1. The van der Waals surface area contributed by atoms with Crippen molar-refractivity contribution < 1.29 is 10.0 Å². The van der Waals surface area contributed by atoms with Crippen LogP contribution in [-0.2, 0) is 4.79 Å². The molecule has 5 nitrogen and oxygen atoms in total. The smallest absolute Gasteiger partial charge is 0.234 e. The molecule has 2 aliphatic carbocycles. The third-order valence-corrected chi connectivity index (χ3v) is 4.57. The number of rotatable bonds is 6. The first kappa shape index (κ1) is 14.2. The molecule has 0 radical (unpaired) electrons. The molecule has 2 aliphatic rings. The minimum Gasteiger partial charge on any atom is -0.409 e. The molecule has 19 heavy (non-hydrogen) atoms. The number of carbonyl (C=O) groups is 1. The van der Waals surface area contributed by atoms with Crippen molar-refractivity contribution in [2.45, 2.75) is 58.4 Å². The summed E-state index contributed by atoms with van der Waals surface area (Å²) in [7, 11) is 0. The van der Waals surface area contributed by atoms with Gasteiger partial charge in [0.15, 0.2) is 5.84 Å². The lowest BCUT2D eigenvalue weighted by atomic mass is 9.61. The van der Waals surface area contributed by atoms with E-state index in [1.54, 1.807) is 0 Å². The summed E-state index contributed by atoms with van der Waals surface area (Å²) in [5, 5.41) is 15.1. The van der Waals surface area contributed by atoms with Gasteiger partial charge in [-0.15, -0.1) is 0 Å². The largest absolute Gasteiger partial charge is 0.409 e. The van der Waals surface area contributed by atoms with Crippen LogP contribution >= 0.6 is 0 Å². The molecule has 0 aliphatic heterocycles. The second-order valence-electron chi connectivity index (χ2n) is 6.34. The van der Waals surface area contributed by atoms with Gasteiger partial charge in [-0.2, -0.15) is 0 Å². The van der Waals surface area contributed by atoms with Crippen molar-refractivity contribution in [1.82, 2.24) is 5.32 Å². The molecule has 2 saturated carbocycles. The number of amides is 1. The van der Waals surface area contributed by atoms with Crippen LogP contribution in [0.25, 0.3) is 0 Å².